The molecule has 2 heteroatoms. The largest absolute Gasteiger partial charge is 0.319 e. The second-order valence-corrected chi connectivity index (χ2v) is 8.68. The summed E-state index contributed by atoms with van der Waals surface area (Å²) in [7, 11) is 2.50. The van der Waals surface area contributed by atoms with Gasteiger partial charge in [-0.15, -0.1) is 0 Å². The summed E-state index contributed by atoms with van der Waals surface area (Å²) in [5, 5.41) is 0. The van der Waals surface area contributed by atoms with Gasteiger partial charge in [-0.25, -0.2) is 0 Å². The van der Waals surface area contributed by atoms with Crippen LogP contribution in [0.3, 0.4) is 0 Å². The molecule has 0 amide bonds. The van der Waals surface area contributed by atoms with Gasteiger partial charge in [0.1, 0.15) is 0 Å². The molecule has 18 heavy (non-hydrogen) atoms. The quantitative estimate of drug-likeness (QED) is 0.600. The van der Waals surface area contributed by atoms with E-state index in [-0.39, 0.29) is 0 Å². The molecule has 2 aliphatic rings. The predicted molar refractivity (Wildman–Crippen MR) is 78.6 cm³/mol. The SMILES string of the molecule is CC(C)(C)N1CCC2C(CC[N+]2(C)C(C)(C)C)C1. The van der Waals surface area contributed by atoms with E-state index < -0.39 is 0 Å². The second kappa shape index (κ2) is 4.21. The van der Waals surface area contributed by atoms with Crippen molar-refractivity contribution >= 4 is 0 Å². The number of nitrogens with zero attached hydrogens (tertiary/aromatic N) is 2. The third-order valence-corrected chi connectivity index (χ3v) is 5.87. The summed E-state index contributed by atoms with van der Waals surface area (Å²) >= 11 is 0. The van der Waals surface area contributed by atoms with Gasteiger partial charge in [0.05, 0.1) is 25.2 Å². The Kier molecular flexibility index (Phi) is 3.35. The van der Waals surface area contributed by atoms with Crippen LogP contribution in [-0.2, 0) is 0 Å². The van der Waals surface area contributed by atoms with Crippen LogP contribution in [0.4, 0.5) is 0 Å². The second-order valence-electron chi connectivity index (χ2n) is 8.68. The monoisotopic (exact) mass is 253 g/mol. The van der Waals surface area contributed by atoms with E-state index in [1.54, 1.807) is 0 Å². The Bertz CT molecular complexity index is 310. The van der Waals surface area contributed by atoms with Crippen molar-refractivity contribution in [2.24, 2.45) is 5.92 Å². The van der Waals surface area contributed by atoms with Crippen molar-refractivity contribution in [1.82, 2.24) is 4.90 Å². The van der Waals surface area contributed by atoms with Gasteiger partial charge in [-0.2, -0.15) is 0 Å². The lowest BCUT2D eigenvalue weighted by atomic mass is 9.87. The van der Waals surface area contributed by atoms with Gasteiger partial charge in [0.2, 0.25) is 0 Å². The lowest BCUT2D eigenvalue weighted by Gasteiger charge is -2.51. The first-order valence-corrected chi connectivity index (χ1v) is 7.66. The zero-order chi connectivity index (χ0) is 13.8. The fraction of sp³-hybridized carbons (Fsp3) is 1.00. The van der Waals surface area contributed by atoms with Crippen molar-refractivity contribution in [3.63, 3.8) is 0 Å². The number of rotatable bonds is 0. The van der Waals surface area contributed by atoms with Crippen molar-refractivity contribution in [2.75, 3.05) is 26.7 Å². The number of piperidine rings is 1. The van der Waals surface area contributed by atoms with Gasteiger partial charge in [0.25, 0.3) is 0 Å². The summed E-state index contributed by atoms with van der Waals surface area (Å²) < 4.78 is 1.29. The average molecular weight is 253 g/mol. The molecule has 2 nitrogen and oxygen atoms in total. The first-order valence-electron chi connectivity index (χ1n) is 7.66. The van der Waals surface area contributed by atoms with Crippen LogP contribution < -0.4 is 0 Å². The Labute approximate surface area is 114 Å². The zero-order valence-corrected chi connectivity index (χ0v) is 13.6. The molecule has 0 saturated carbocycles. The van der Waals surface area contributed by atoms with Crippen molar-refractivity contribution < 1.29 is 4.48 Å². The van der Waals surface area contributed by atoms with Gasteiger partial charge < -0.3 is 4.48 Å². The van der Waals surface area contributed by atoms with Crippen LogP contribution in [0.15, 0.2) is 0 Å². The summed E-state index contributed by atoms with van der Waals surface area (Å²) in [6.07, 6.45) is 2.81. The number of fused-ring (bicyclic) bond motifs is 1. The van der Waals surface area contributed by atoms with E-state index in [1.165, 1.54) is 37.0 Å². The Balaban J connectivity index is 2.13. The first-order chi connectivity index (χ1) is 8.06. The molecular formula is C16H33N2+. The molecule has 0 spiro atoms. The average Bonchev–Trinajstić information content (AvgIpc) is 2.55. The van der Waals surface area contributed by atoms with Gasteiger partial charge in [0.15, 0.2) is 0 Å². The van der Waals surface area contributed by atoms with E-state index >= 15 is 0 Å². The molecule has 2 heterocycles. The fourth-order valence-corrected chi connectivity index (χ4v) is 4.10. The standard InChI is InChI=1S/C16H33N2/c1-15(2,3)17-10-8-14-13(12-17)9-11-18(14,7)16(4,5)6/h13-14H,8-12H2,1-7H3/q+1. The topological polar surface area (TPSA) is 3.24 Å². The molecule has 0 aromatic heterocycles. The third-order valence-electron chi connectivity index (χ3n) is 5.87. The zero-order valence-electron chi connectivity index (χ0n) is 13.6. The van der Waals surface area contributed by atoms with Crippen LogP contribution in [0.1, 0.15) is 54.4 Å². The summed E-state index contributed by atoms with van der Waals surface area (Å²) in [6.45, 7) is 18.3. The molecular weight excluding hydrogens is 220 g/mol. The highest BCUT2D eigenvalue weighted by atomic mass is 15.4. The predicted octanol–water partition coefficient (Wildman–Crippen LogP) is 3.12. The number of quaternary nitrogens is 1. The lowest BCUT2D eigenvalue weighted by Crippen LogP contribution is -2.64. The minimum atomic E-state index is 0.346. The number of hydrogen-bond donors (Lipinski definition) is 0. The van der Waals surface area contributed by atoms with Crippen LogP contribution in [0.5, 0.6) is 0 Å². The molecule has 2 saturated heterocycles. The van der Waals surface area contributed by atoms with E-state index in [4.69, 9.17) is 0 Å². The van der Waals surface area contributed by atoms with Crippen LogP contribution in [-0.4, -0.2) is 53.2 Å². The van der Waals surface area contributed by atoms with Gasteiger partial charge in [-0.1, -0.05) is 0 Å². The molecule has 0 bridgehead atoms. The van der Waals surface area contributed by atoms with Crippen LogP contribution in [0, 0.1) is 5.92 Å². The molecule has 106 valence electrons. The molecule has 0 radical (unpaired) electrons. The molecule has 0 aromatic carbocycles. The minimum absolute atomic E-state index is 0.346. The van der Waals surface area contributed by atoms with E-state index in [1.807, 2.05) is 0 Å². The smallest absolute Gasteiger partial charge is 0.0947 e. The molecule has 2 aliphatic heterocycles. The molecule has 3 atom stereocenters. The van der Waals surface area contributed by atoms with Crippen molar-refractivity contribution in [3.8, 4) is 0 Å². The summed E-state index contributed by atoms with van der Waals surface area (Å²) in [5.41, 5.74) is 0.738. The molecule has 0 N–H and O–H groups in total. The highest BCUT2D eigenvalue weighted by Gasteiger charge is 2.53. The molecule has 0 aliphatic carbocycles. The van der Waals surface area contributed by atoms with Crippen LogP contribution >= 0.6 is 0 Å². The van der Waals surface area contributed by atoms with Gasteiger partial charge in [0, 0.05) is 37.4 Å². The molecule has 2 rings (SSSR count). The Morgan fingerprint density at radius 1 is 1.00 bits per heavy atom. The van der Waals surface area contributed by atoms with E-state index in [0.29, 0.717) is 11.1 Å². The summed E-state index contributed by atoms with van der Waals surface area (Å²) in [4.78, 5) is 2.70. The molecule has 0 aromatic rings. The van der Waals surface area contributed by atoms with Gasteiger partial charge in [-0.3, -0.25) is 4.90 Å². The third kappa shape index (κ3) is 2.22. The summed E-state index contributed by atoms with van der Waals surface area (Å²) in [5.74, 6) is 0.919. The number of likely N-dealkylation sites (tertiary alicyclic amines) is 2. The maximum Gasteiger partial charge on any atom is 0.0947 e. The van der Waals surface area contributed by atoms with Crippen LogP contribution in [0.2, 0.25) is 0 Å². The first kappa shape index (κ1) is 14.3. The van der Waals surface area contributed by atoms with Gasteiger partial charge in [-0.05, 0) is 41.5 Å². The Hall–Kier alpha value is -0.0800. The fourth-order valence-electron chi connectivity index (χ4n) is 4.10. The minimum Gasteiger partial charge on any atom is -0.319 e. The highest BCUT2D eigenvalue weighted by Crippen LogP contribution is 2.42. The van der Waals surface area contributed by atoms with Crippen molar-refractivity contribution in [3.05, 3.63) is 0 Å². The maximum atomic E-state index is 2.70. The Morgan fingerprint density at radius 3 is 2.11 bits per heavy atom. The summed E-state index contributed by atoms with van der Waals surface area (Å²) in [6, 6.07) is 0.892. The molecule has 2 fully saturated rings. The lowest BCUT2D eigenvalue weighted by molar-refractivity contribution is -0.966. The Morgan fingerprint density at radius 2 is 1.61 bits per heavy atom. The van der Waals surface area contributed by atoms with Crippen molar-refractivity contribution in [2.45, 2.75) is 71.5 Å². The molecule has 3 unspecified atom stereocenters. The number of hydrogen-bond acceptors (Lipinski definition) is 1. The highest BCUT2D eigenvalue weighted by molar-refractivity contribution is 4.91. The van der Waals surface area contributed by atoms with Gasteiger partial charge >= 0.3 is 0 Å². The van der Waals surface area contributed by atoms with Crippen molar-refractivity contribution in [1.29, 1.82) is 0 Å². The van der Waals surface area contributed by atoms with E-state index in [0.717, 1.165) is 12.0 Å². The van der Waals surface area contributed by atoms with E-state index in [9.17, 15) is 0 Å². The van der Waals surface area contributed by atoms with Crippen LogP contribution in [0.25, 0.3) is 0 Å². The maximum absolute atomic E-state index is 2.70. The normalized spacial score (nSPS) is 38.8. The van der Waals surface area contributed by atoms with E-state index in [2.05, 4.69) is 53.5 Å².